The average Bonchev–Trinajstić information content (AvgIpc) is 2.82. The molecule has 2 heteroatoms. The van der Waals surface area contributed by atoms with E-state index in [1.807, 2.05) is 7.11 Å². The fourth-order valence-electron chi connectivity index (χ4n) is 4.70. The van der Waals surface area contributed by atoms with E-state index < -0.39 is 0 Å². The number of benzene rings is 1. The molecule has 2 aliphatic rings. The van der Waals surface area contributed by atoms with E-state index in [1.165, 1.54) is 35.1 Å². The lowest BCUT2D eigenvalue weighted by molar-refractivity contribution is -0.213. The van der Waals surface area contributed by atoms with Crippen LogP contribution in [-0.2, 0) is 14.9 Å². The highest BCUT2D eigenvalue weighted by atomic mass is 16.7. The summed E-state index contributed by atoms with van der Waals surface area (Å²) in [4.78, 5) is 0. The van der Waals surface area contributed by atoms with E-state index in [9.17, 15) is 0 Å². The molecule has 2 atom stereocenters. The lowest BCUT2D eigenvalue weighted by atomic mass is 9.70. The zero-order chi connectivity index (χ0) is 13.7. The highest BCUT2D eigenvalue weighted by molar-refractivity contribution is 5.46. The number of aryl methyl sites for hydroxylation is 3. The van der Waals surface area contributed by atoms with Crippen molar-refractivity contribution in [3.63, 3.8) is 0 Å². The second-order valence-corrected chi connectivity index (χ2v) is 6.26. The molecule has 1 heterocycles. The van der Waals surface area contributed by atoms with Crippen LogP contribution in [0.5, 0.6) is 0 Å². The molecule has 2 fully saturated rings. The molecule has 0 aromatic heterocycles. The normalized spacial score (nSPS) is 33.7. The lowest BCUT2D eigenvalue weighted by Gasteiger charge is -2.40. The minimum absolute atomic E-state index is 0.0730. The van der Waals surface area contributed by atoms with Gasteiger partial charge in [0.2, 0.25) is 0 Å². The molecule has 1 aromatic rings. The summed E-state index contributed by atoms with van der Waals surface area (Å²) in [6.07, 6.45) is 4.49. The zero-order valence-corrected chi connectivity index (χ0v) is 12.5. The van der Waals surface area contributed by atoms with Gasteiger partial charge in [-0.25, -0.2) is 0 Å². The van der Waals surface area contributed by atoms with Gasteiger partial charge in [0, 0.05) is 13.5 Å². The van der Waals surface area contributed by atoms with Crippen molar-refractivity contribution < 1.29 is 9.47 Å². The van der Waals surface area contributed by atoms with E-state index in [4.69, 9.17) is 9.47 Å². The molecule has 104 valence electrons. The molecule has 0 radical (unpaired) electrons. The fraction of sp³-hybridized carbons (Fsp3) is 0.647. The molecular formula is C17H24O2. The molecule has 1 saturated carbocycles. The third-order valence-electron chi connectivity index (χ3n) is 5.19. The van der Waals surface area contributed by atoms with Crippen molar-refractivity contribution in [3.05, 3.63) is 34.4 Å². The zero-order valence-electron chi connectivity index (χ0n) is 12.5. The summed E-state index contributed by atoms with van der Waals surface area (Å²) in [5.74, 6) is -0.377. The van der Waals surface area contributed by atoms with Crippen LogP contribution in [0.4, 0.5) is 0 Å². The van der Waals surface area contributed by atoms with Gasteiger partial charge < -0.3 is 9.47 Å². The van der Waals surface area contributed by atoms with Crippen molar-refractivity contribution >= 4 is 0 Å². The van der Waals surface area contributed by atoms with Crippen LogP contribution in [0.2, 0.25) is 0 Å². The summed E-state index contributed by atoms with van der Waals surface area (Å²) in [6, 6.07) is 4.60. The Kier molecular flexibility index (Phi) is 2.99. The van der Waals surface area contributed by atoms with Gasteiger partial charge in [-0.15, -0.1) is 0 Å². The Morgan fingerprint density at radius 2 is 1.74 bits per heavy atom. The minimum atomic E-state index is -0.377. The first-order valence-electron chi connectivity index (χ1n) is 7.32. The summed E-state index contributed by atoms with van der Waals surface area (Å²) in [7, 11) is 1.81. The van der Waals surface area contributed by atoms with Gasteiger partial charge in [0.25, 0.3) is 0 Å². The third-order valence-corrected chi connectivity index (χ3v) is 5.19. The van der Waals surface area contributed by atoms with E-state index in [1.54, 1.807) is 0 Å². The van der Waals surface area contributed by atoms with Crippen LogP contribution in [-0.4, -0.2) is 19.5 Å². The monoisotopic (exact) mass is 260 g/mol. The molecule has 1 saturated heterocycles. The fourth-order valence-corrected chi connectivity index (χ4v) is 4.70. The SMILES string of the molecule is COC12CCCC1(c1c(C)cc(C)cc1C)CCO2. The summed E-state index contributed by atoms with van der Waals surface area (Å²) in [5.41, 5.74) is 5.69. The molecule has 2 unspecified atom stereocenters. The summed E-state index contributed by atoms with van der Waals surface area (Å²) in [6.45, 7) is 7.47. The highest BCUT2D eigenvalue weighted by Crippen LogP contribution is 2.58. The Morgan fingerprint density at radius 1 is 1.05 bits per heavy atom. The predicted molar refractivity (Wildman–Crippen MR) is 76.5 cm³/mol. The first kappa shape index (κ1) is 13.1. The van der Waals surface area contributed by atoms with Crippen LogP contribution < -0.4 is 0 Å². The maximum absolute atomic E-state index is 6.09. The van der Waals surface area contributed by atoms with E-state index in [-0.39, 0.29) is 11.2 Å². The smallest absolute Gasteiger partial charge is 0.177 e. The molecule has 1 aliphatic heterocycles. The van der Waals surface area contributed by atoms with Gasteiger partial charge in [-0.05, 0) is 56.7 Å². The second kappa shape index (κ2) is 4.32. The average molecular weight is 260 g/mol. The van der Waals surface area contributed by atoms with Crippen molar-refractivity contribution in [2.45, 2.75) is 57.7 Å². The number of rotatable bonds is 2. The van der Waals surface area contributed by atoms with Gasteiger partial charge >= 0.3 is 0 Å². The Bertz CT molecular complexity index is 471. The lowest BCUT2D eigenvalue weighted by Crippen LogP contribution is -2.46. The third kappa shape index (κ3) is 1.63. The minimum Gasteiger partial charge on any atom is -0.352 e. The maximum Gasteiger partial charge on any atom is 0.177 e. The molecule has 19 heavy (non-hydrogen) atoms. The molecule has 1 aliphatic carbocycles. The molecule has 2 nitrogen and oxygen atoms in total. The summed E-state index contributed by atoms with van der Waals surface area (Å²) < 4.78 is 12.0. The van der Waals surface area contributed by atoms with Crippen LogP contribution in [0.25, 0.3) is 0 Å². The Labute approximate surface area is 116 Å². The molecule has 0 amide bonds. The molecule has 1 aromatic carbocycles. The highest BCUT2D eigenvalue weighted by Gasteiger charge is 2.61. The van der Waals surface area contributed by atoms with E-state index in [2.05, 4.69) is 32.9 Å². The van der Waals surface area contributed by atoms with E-state index >= 15 is 0 Å². The Balaban J connectivity index is 2.20. The molecule has 0 bridgehead atoms. The molecular weight excluding hydrogens is 236 g/mol. The van der Waals surface area contributed by atoms with Gasteiger partial charge in [0.05, 0.1) is 12.0 Å². The molecule has 0 spiro atoms. The van der Waals surface area contributed by atoms with E-state index in [0.29, 0.717) is 0 Å². The number of hydrogen-bond acceptors (Lipinski definition) is 2. The second-order valence-electron chi connectivity index (χ2n) is 6.26. The summed E-state index contributed by atoms with van der Waals surface area (Å²) >= 11 is 0. The van der Waals surface area contributed by atoms with Gasteiger partial charge in [0.15, 0.2) is 5.79 Å². The van der Waals surface area contributed by atoms with Crippen molar-refractivity contribution in [1.29, 1.82) is 0 Å². The van der Waals surface area contributed by atoms with Crippen LogP contribution in [0.15, 0.2) is 12.1 Å². The van der Waals surface area contributed by atoms with Gasteiger partial charge in [0.1, 0.15) is 0 Å². The maximum atomic E-state index is 6.09. The number of ether oxygens (including phenoxy) is 2. The van der Waals surface area contributed by atoms with Gasteiger partial charge in [-0.3, -0.25) is 0 Å². The predicted octanol–water partition coefficient (Wildman–Crippen LogP) is 3.80. The summed E-state index contributed by atoms with van der Waals surface area (Å²) in [5, 5.41) is 0. The van der Waals surface area contributed by atoms with Gasteiger partial charge in [-0.1, -0.05) is 17.7 Å². The van der Waals surface area contributed by atoms with Crippen molar-refractivity contribution in [3.8, 4) is 0 Å². The van der Waals surface area contributed by atoms with Gasteiger partial charge in [-0.2, -0.15) is 0 Å². The first-order chi connectivity index (χ1) is 9.05. The van der Waals surface area contributed by atoms with E-state index in [0.717, 1.165) is 19.4 Å². The van der Waals surface area contributed by atoms with Crippen LogP contribution in [0.3, 0.4) is 0 Å². The Hall–Kier alpha value is -0.860. The van der Waals surface area contributed by atoms with Crippen LogP contribution in [0.1, 0.15) is 47.9 Å². The topological polar surface area (TPSA) is 18.5 Å². The number of hydrogen-bond donors (Lipinski definition) is 0. The van der Waals surface area contributed by atoms with Crippen molar-refractivity contribution in [2.24, 2.45) is 0 Å². The van der Waals surface area contributed by atoms with Crippen molar-refractivity contribution in [2.75, 3.05) is 13.7 Å². The van der Waals surface area contributed by atoms with Crippen LogP contribution in [0, 0.1) is 20.8 Å². The Morgan fingerprint density at radius 3 is 2.37 bits per heavy atom. The van der Waals surface area contributed by atoms with Crippen LogP contribution >= 0.6 is 0 Å². The standard InChI is InChI=1S/C17H24O2/c1-12-10-13(2)15(14(3)11-12)16-6-5-7-17(16,18-4)19-9-8-16/h10-11H,5-9H2,1-4H3. The largest absolute Gasteiger partial charge is 0.352 e. The first-order valence-corrected chi connectivity index (χ1v) is 7.32. The molecule has 0 N–H and O–H groups in total. The molecule has 3 rings (SSSR count). The quantitative estimate of drug-likeness (QED) is 0.805. The number of methoxy groups -OCH3 is 1. The number of fused-ring (bicyclic) bond motifs is 1. The van der Waals surface area contributed by atoms with Crippen molar-refractivity contribution in [1.82, 2.24) is 0 Å².